The number of benzene rings is 1. The van der Waals surface area contributed by atoms with Crippen LogP contribution in [-0.2, 0) is 0 Å². The molecule has 2 nitrogen and oxygen atoms in total. The third-order valence-electron chi connectivity index (χ3n) is 3.32. The van der Waals surface area contributed by atoms with Crippen molar-refractivity contribution in [1.82, 2.24) is 4.90 Å². The van der Waals surface area contributed by atoms with Crippen molar-refractivity contribution >= 4 is 11.6 Å². The Morgan fingerprint density at radius 1 is 1.47 bits per heavy atom. The average Bonchev–Trinajstić information content (AvgIpc) is 2.31. The fourth-order valence-electron chi connectivity index (χ4n) is 1.88. The van der Waals surface area contributed by atoms with Gasteiger partial charge in [-0.3, -0.25) is 4.90 Å². The Morgan fingerprint density at radius 2 is 2.12 bits per heavy atom. The van der Waals surface area contributed by atoms with Gasteiger partial charge in [-0.25, -0.2) is 4.39 Å². The zero-order valence-corrected chi connectivity index (χ0v) is 11.3. The molecule has 0 fully saturated rings. The maximum atomic E-state index is 13.0. The SMILES string of the molecule is CCC(C)N(C)C(CN)c1ccc(F)cc1Cl. The smallest absolute Gasteiger partial charge is 0.124 e. The lowest BCUT2D eigenvalue weighted by Crippen LogP contribution is -2.36. The number of nitrogens with zero attached hydrogens (tertiary/aromatic N) is 1. The lowest BCUT2D eigenvalue weighted by Gasteiger charge is -2.32. The number of rotatable bonds is 5. The fourth-order valence-corrected chi connectivity index (χ4v) is 2.17. The van der Waals surface area contributed by atoms with Crippen LogP contribution >= 0.6 is 11.6 Å². The quantitative estimate of drug-likeness (QED) is 0.879. The zero-order chi connectivity index (χ0) is 13.0. The minimum atomic E-state index is -0.319. The Hall–Kier alpha value is -0.640. The Bertz CT molecular complexity index is 370. The normalized spacial score (nSPS) is 15.0. The average molecular weight is 259 g/mol. The summed E-state index contributed by atoms with van der Waals surface area (Å²) in [6.07, 6.45) is 1.03. The molecule has 0 aliphatic rings. The second-order valence-electron chi connectivity index (χ2n) is 4.34. The van der Waals surface area contributed by atoms with Gasteiger partial charge in [0.05, 0.1) is 0 Å². The minimum Gasteiger partial charge on any atom is -0.329 e. The van der Waals surface area contributed by atoms with Crippen LogP contribution in [0.4, 0.5) is 4.39 Å². The molecule has 0 amide bonds. The first-order valence-electron chi connectivity index (χ1n) is 5.88. The molecule has 0 heterocycles. The summed E-state index contributed by atoms with van der Waals surface area (Å²) < 4.78 is 13.0. The summed E-state index contributed by atoms with van der Waals surface area (Å²) in [6, 6.07) is 4.91. The Morgan fingerprint density at radius 3 is 2.59 bits per heavy atom. The van der Waals surface area contributed by atoms with Crippen molar-refractivity contribution in [2.45, 2.75) is 32.4 Å². The van der Waals surface area contributed by atoms with E-state index < -0.39 is 0 Å². The molecule has 0 saturated heterocycles. The number of likely N-dealkylation sites (N-methyl/N-ethyl adjacent to an activating group) is 1. The van der Waals surface area contributed by atoms with E-state index in [-0.39, 0.29) is 11.9 Å². The van der Waals surface area contributed by atoms with E-state index >= 15 is 0 Å². The molecule has 0 saturated carbocycles. The van der Waals surface area contributed by atoms with Gasteiger partial charge in [0.2, 0.25) is 0 Å². The van der Waals surface area contributed by atoms with Crippen molar-refractivity contribution in [3.05, 3.63) is 34.6 Å². The summed E-state index contributed by atoms with van der Waals surface area (Å²) in [5.74, 6) is -0.319. The van der Waals surface area contributed by atoms with E-state index in [1.54, 1.807) is 6.07 Å². The summed E-state index contributed by atoms with van der Waals surface area (Å²) in [5.41, 5.74) is 6.70. The van der Waals surface area contributed by atoms with Gasteiger partial charge < -0.3 is 5.73 Å². The summed E-state index contributed by atoms with van der Waals surface area (Å²) in [6.45, 7) is 4.73. The molecule has 0 radical (unpaired) electrons. The molecule has 2 N–H and O–H groups in total. The highest BCUT2D eigenvalue weighted by Gasteiger charge is 2.21. The Labute approximate surface area is 108 Å². The van der Waals surface area contributed by atoms with Crippen molar-refractivity contribution in [3.63, 3.8) is 0 Å². The molecule has 0 aliphatic heterocycles. The van der Waals surface area contributed by atoms with Gasteiger partial charge >= 0.3 is 0 Å². The van der Waals surface area contributed by atoms with Crippen molar-refractivity contribution in [2.24, 2.45) is 5.73 Å². The van der Waals surface area contributed by atoms with Crippen molar-refractivity contribution < 1.29 is 4.39 Å². The molecule has 96 valence electrons. The van der Waals surface area contributed by atoms with Crippen LogP contribution in [0.5, 0.6) is 0 Å². The first kappa shape index (κ1) is 14.4. The van der Waals surface area contributed by atoms with Gasteiger partial charge in [-0.1, -0.05) is 24.6 Å². The molecule has 0 aliphatic carbocycles. The lowest BCUT2D eigenvalue weighted by atomic mass is 10.0. The molecule has 0 aromatic heterocycles. The third kappa shape index (κ3) is 3.41. The molecule has 1 rings (SSSR count). The van der Waals surface area contributed by atoms with Crippen LogP contribution in [0.15, 0.2) is 18.2 Å². The first-order valence-corrected chi connectivity index (χ1v) is 6.26. The van der Waals surface area contributed by atoms with E-state index in [2.05, 4.69) is 18.7 Å². The molecule has 0 spiro atoms. The van der Waals surface area contributed by atoms with Crippen molar-refractivity contribution in [2.75, 3.05) is 13.6 Å². The van der Waals surface area contributed by atoms with E-state index in [4.69, 9.17) is 17.3 Å². The second kappa shape index (κ2) is 6.34. The maximum Gasteiger partial charge on any atom is 0.124 e. The van der Waals surface area contributed by atoms with Gasteiger partial charge in [-0.15, -0.1) is 0 Å². The van der Waals surface area contributed by atoms with Crippen molar-refractivity contribution in [1.29, 1.82) is 0 Å². The maximum absolute atomic E-state index is 13.0. The topological polar surface area (TPSA) is 29.3 Å². The summed E-state index contributed by atoms with van der Waals surface area (Å²) >= 11 is 6.07. The molecule has 1 aromatic rings. The monoisotopic (exact) mass is 258 g/mol. The Kier molecular flexibility index (Phi) is 5.37. The van der Waals surface area contributed by atoms with Gasteiger partial charge in [0.1, 0.15) is 5.82 Å². The molecule has 17 heavy (non-hydrogen) atoms. The number of hydrogen-bond donors (Lipinski definition) is 1. The van der Waals surface area contributed by atoms with E-state index in [1.165, 1.54) is 12.1 Å². The van der Waals surface area contributed by atoms with Gasteiger partial charge in [0, 0.05) is 23.7 Å². The highest BCUT2D eigenvalue weighted by atomic mass is 35.5. The van der Waals surface area contributed by atoms with E-state index in [0.29, 0.717) is 17.6 Å². The van der Waals surface area contributed by atoms with Gasteiger partial charge in [0.25, 0.3) is 0 Å². The van der Waals surface area contributed by atoms with Crippen molar-refractivity contribution in [3.8, 4) is 0 Å². The Balaban J connectivity index is 3.01. The summed E-state index contributed by atoms with van der Waals surface area (Å²) in [7, 11) is 2.02. The molecule has 1 aromatic carbocycles. The van der Waals surface area contributed by atoms with Gasteiger partial charge in [-0.2, -0.15) is 0 Å². The first-order chi connectivity index (χ1) is 8.01. The van der Waals surface area contributed by atoms with Crippen LogP contribution in [0.2, 0.25) is 5.02 Å². The minimum absolute atomic E-state index is 0.0260. The van der Waals surface area contributed by atoms with E-state index in [1.807, 2.05) is 7.05 Å². The molecule has 4 heteroatoms. The fraction of sp³-hybridized carbons (Fsp3) is 0.538. The van der Waals surface area contributed by atoms with Crippen LogP contribution < -0.4 is 5.73 Å². The highest BCUT2D eigenvalue weighted by Crippen LogP contribution is 2.28. The van der Waals surface area contributed by atoms with Crippen LogP contribution in [0.3, 0.4) is 0 Å². The predicted octanol–water partition coefficient (Wildman–Crippen LogP) is 3.21. The molecular formula is C13H20ClFN2. The number of hydrogen-bond acceptors (Lipinski definition) is 2. The standard InChI is InChI=1S/C13H20ClFN2/c1-4-9(2)17(3)13(8-16)11-6-5-10(15)7-12(11)14/h5-7,9,13H,4,8,16H2,1-3H3. The molecule has 2 unspecified atom stereocenters. The van der Waals surface area contributed by atoms with Crippen LogP contribution in [0.1, 0.15) is 31.9 Å². The molecule has 2 atom stereocenters. The summed E-state index contributed by atoms with van der Waals surface area (Å²) in [4.78, 5) is 2.18. The summed E-state index contributed by atoms with van der Waals surface area (Å²) in [5, 5.41) is 0.440. The molecule has 0 bridgehead atoms. The zero-order valence-electron chi connectivity index (χ0n) is 10.6. The molecular weight excluding hydrogens is 239 g/mol. The van der Waals surface area contributed by atoms with E-state index in [9.17, 15) is 4.39 Å². The largest absolute Gasteiger partial charge is 0.329 e. The van der Waals surface area contributed by atoms with Gasteiger partial charge in [-0.05, 0) is 38.1 Å². The van der Waals surface area contributed by atoms with Crippen LogP contribution in [0.25, 0.3) is 0 Å². The number of halogens is 2. The predicted molar refractivity (Wildman–Crippen MR) is 70.7 cm³/mol. The number of nitrogens with two attached hydrogens (primary N) is 1. The highest BCUT2D eigenvalue weighted by molar-refractivity contribution is 6.31. The third-order valence-corrected chi connectivity index (χ3v) is 3.65. The lowest BCUT2D eigenvalue weighted by molar-refractivity contribution is 0.184. The van der Waals surface area contributed by atoms with E-state index in [0.717, 1.165) is 12.0 Å². The van der Waals surface area contributed by atoms with Crippen LogP contribution in [0, 0.1) is 5.82 Å². The van der Waals surface area contributed by atoms with Crippen LogP contribution in [-0.4, -0.2) is 24.5 Å². The van der Waals surface area contributed by atoms with Gasteiger partial charge in [0.15, 0.2) is 0 Å². The second-order valence-corrected chi connectivity index (χ2v) is 4.75.